The van der Waals surface area contributed by atoms with E-state index in [1.807, 2.05) is 83.1 Å². The predicted molar refractivity (Wildman–Crippen MR) is 240 cm³/mol. The Balaban J connectivity index is 1.27. The van der Waals surface area contributed by atoms with Crippen molar-refractivity contribution in [2.24, 2.45) is 11.8 Å². The van der Waals surface area contributed by atoms with Gasteiger partial charge in [-0.05, 0) is 68.9 Å². The summed E-state index contributed by atoms with van der Waals surface area (Å²) >= 11 is 0. The largest absolute Gasteiger partial charge is 0.453 e. The molecule has 1 aliphatic heterocycles. The second-order valence-electron chi connectivity index (χ2n) is 17.3. The number of benzene rings is 2. The lowest BCUT2D eigenvalue weighted by atomic mass is 10.0. The number of nitrogens with one attached hydrogen (secondary N) is 4. The van der Waals surface area contributed by atoms with Gasteiger partial charge >= 0.3 is 18.3 Å². The molecule has 4 aromatic rings. The summed E-state index contributed by atoms with van der Waals surface area (Å²) in [6.45, 7) is 16.1. The topological polar surface area (TPSA) is 204 Å². The maximum Gasteiger partial charge on any atom is 0.410 e. The number of H-pyrrole nitrogens is 2. The van der Waals surface area contributed by atoms with Crippen LogP contribution in [0.5, 0.6) is 0 Å². The maximum atomic E-state index is 14.0. The number of hydrogen-bond donors (Lipinski definition) is 4. The average molecular weight is 880 g/mol. The number of hydrogen-bond acceptors (Lipinski definition) is 10. The quantitative estimate of drug-likeness (QED) is 0.0850. The second kappa shape index (κ2) is 21.5. The zero-order valence-corrected chi connectivity index (χ0v) is 38.4. The molecule has 3 atom stereocenters. The van der Waals surface area contributed by atoms with Gasteiger partial charge in [0, 0.05) is 42.5 Å². The predicted octanol–water partition coefficient (Wildman–Crippen LogP) is 6.49. The molecule has 5 amide bonds. The third-order valence-corrected chi connectivity index (χ3v) is 10.5. The molecule has 0 spiro atoms. The van der Waals surface area contributed by atoms with Gasteiger partial charge in [-0.25, -0.2) is 24.4 Å². The summed E-state index contributed by atoms with van der Waals surface area (Å²) in [5, 5.41) is 5.32. The molecule has 0 saturated carbocycles. The van der Waals surface area contributed by atoms with E-state index in [2.05, 4.69) is 37.4 Å². The smallest absolute Gasteiger partial charge is 0.410 e. The van der Waals surface area contributed by atoms with E-state index in [-0.39, 0.29) is 49.8 Å². The van der Waals surface area contributed by atoms with Crippen molar-refractivity contribution in [1.29, 1.82) is 0 Å². The number of carbonyl (C=O) groups is 5. The van der Waals surface area contributed by atoms with Crippen LogP contribution in [-0.4, -0.2) is 123 Å². The van der Waals surface area contributed by atoms with E-state index in [9.17, 15) is 24.0 Å². The Morgan fingerprint density at radius 1 is 0.859 bits per heavy atom. The van der Waals surface area contributed by atoms with Crippen LogP contribution in [0.4, 0.5) is 14.4 Å². The molecular formula is C47H61N9O8. The highest BCUT2D eigenvalue weighted by Gasteiger charge is 2.40. The van der Waals surface area contributed by atoms with Gasteiger partial charge in [-0.3, -0.25) is 9.59 Å². The number of aromatic nitrogens is 4. The fraction of sp³-hybridized carbons (Fsp3) is 0.468. The molecule has 0 bridgehead atoms. The van der Waals surface area contributed by atoms with E-state index < -0.39 is 42.0 Å². The monoisotopic (exact) mass is 879 g/mol. The number of ether oxygens (including phenoxy) is 3. The van der Waals surface area contributed by atoms with Gasteiger partial charge in [-0.15, -0.1) is 0 Å². The first-order chi connectivity index (χ1) is 30.4. The summed E-state index contributed by atoms with van der Waals surface area (Å²) in [5.41, 5.74) is 4.07. The fourth-order valence-corrected chi connectivity index (χ4v) is 7.11. The van der Waals surface area contributed by atoms with Crippen LogP contribution in [0, 0.1) is 23.7 Å². The number of imidazole rings is 2. The molecule has 1 saturated heterocycles. The Hall–Kier alpha value is -6.83. The van der Waals surface area contributed by atoms with Crippen LogP contribution in [0.1, 0.15) is 90.6 Å². The number of methoxy groups -OCH3 is 2. The van der Waals surface area contributed by atoms with Crippen LogP contribution in [0.3, 0.4) is 0 Å². The van der Waals surface area contributed by atoms with Gasteiger partial charge < -0.3 is 49.5 Å². The molecule has 4 N–H and O–H groups in total. The Bertz CT molecular complexity index is 2300. The van der Waals surface area contributed by atoms with E-state index in [4.69, 9.17) is 19.2 Å². The second-order valence-corrected chi connectivity index (χ2v) is 17.3. The highest BCUT2D eigenvalue weighted by atomic mass is 16.6. The van der Waals surface area contributed by atoms with Crippen molar-refractivity contribution in [2.45, 2.75) is 92.1 Å². The van der Waals surface area contributed by atoms with Gasteiger partial charge in [-0.1, -0.05) is 70.7 Å². The van der Waals surface area contributed by atoms with Crippen molar-refractivity contribution in [1.82, 2.24) is 45.3 Å². The molecule has 2 aromatic heterocycles. The Morgan fingerprint density at radius 3 is 1.98 bits per heavy atom. The highest BCUT2D eigenvalue weighted by molar-refractivity contribution is 5.87. The minimum atomic E-state index is -0.857. The first kappa shape index (κ1) is 48.2. The molecule has 0 radical (unpaired) electrons. The molecule has 0 aliphatic carbocycles. The van der Waals surface area contributed by atoms with Crippen LogP contribution in [0.25, 0.3) is 22.5 Å². The molecule has 17 heteroatoms. The number of rotatable bonds is 13. The highest BCUT2D eigenvalue weighted by Crippen LogP contribution is 2.29. The molecule has 5 rings (SSSR count). The van der Waals surface area contributed by atoms with Crippen molar-refractivity contribution >= 4 is 30.1 Å². The normalized spacial score (nSPS) is 14.8. The zero-order chi connectivity index (χ0) is 46.7. The Labute approximate surface area is 375 Å². The van der Waals surface area contributed by atoms with E-state index in [0.29, 0.717) is 23.9 Å². The first-order valence-corrected chi connectivity index (χ1v) is 21.5. The van der Waals surface area contributed by atoms with Crippen LogP contribution in [0.15, 0.2) is 60.9 Å². The van der Waals surface area contributed by atoms with Crippen LogP contribution >= 0.6 is 0 Å². The van der Waals surface area contributed by atoms with Gasteiger partial charge in [0.25, 0.3) is 0 Å². The standard InChI is InChI=1S/C47H61N9O8/c1-11-22-54(42(57)39(29(2)3)52-44(59)62-9)28-38-48-25-35(50-38)33-18-14-31(15-19-33)12-13-32-16-20-34(21-17-32)36-26-49-41(51-36)37-27-55(46(61)64-47(6,7)8)23-24-56(37)43(58)40(30(4)5)53-45(60)63-10/h14-21,25-26,29-30,37,39-40H,11,22-24,27-28H2,1-10H3,(H,48,50)(H,49,51)(H,52,59)(H,53,60)/t37-,39-,40-/m0/s1. The third-order valence-electron chi connectivity index (χ3n) is 10.5. The van der Waals surface area contributed by atoms with Crippen LogP contribution in [0.2, 0.25) is 0 Å². The summed E-state index contributed by atoms with van der Waals surface area (Å²) in [7, 11) is 2.52. The summed E-state index contributed by atoms with van der Waals surface area (Å²) in [6, 6.07) is 13.2. The number of amides is 5. The van der Waals surface area contributed by atoms with E-state index in [1.165, 1.54) is 14.2 Å². The van der Waals surface area contributed by atoms with Gasteiger partial charge in [0.2, 0.25) is 11.8 Å². The molecular weight excluding hydrogens is 819 g/mol. The lowest BCUT2D eigenvalue weighted by Gasteiger charge is -2.42. The van der Waals surface area contributed by atoms with Gasteiger partial charge in [-0.2, -0.15) is 0 Å². The molecule has 0 unspecified atom stereocenters. The Morgan fingerprint density at radius 2 is 1.44 bits per heavy atom. The molecule has 342 valence electrons. The van der Waals surface area contributed by atoms with Crippen LogP contribution < -0.4 is 10.6 Å². The van der Waals surface area contributed by atoms with E-state index in [1.54, 1.807) is 47.9 Å². The van der Waals surface area contributed by atoms with Gasteiger partial charge in [0.15, 0.2) is 0 Å². The lowest BCUT2D eigenvalue weighted by molar-refractivity contribution is -0.140. The van der Waals surface area contributed by atoms with Crippen molar-refractivity contribution in [3.05, 3.63) is 83.7 Å². The number of nitrogens with zero attached hydrogens (tertiary/aromatic N) is 5. The third kappa shape index (κ3) is 12.6. The SMILES string of the molecule is CCCN(Cc1ncc(-c2ccc(C#Cc3ccc(-c4c[nH]c([C@@H]5CN(C(=O)OC(C)(C)C)CCN5C(=O)[C@@H](NC(=O)OC)C(C)C)n4)cc3)cc2)[nH]1)C(=O)[C@@H](NC(=O)OC)C(C)C. The minimum absolute atomic E-state index is 0.132. The van der Waals surface area contributed by atoms with Crippen molar-refractivity contribution in [3.63, 3.8) is 0 Å². The number of piperazine rings is 1. The first-order valence-electron chi connectivity index (χ1n) is 21.5. The maximum absolute atomic E-state index is 14.0. The molecule has 1 fully saturated rings. The molecule has 64 heavy (non-hydrogen) atoms. The van der Waals surface area contributed by atoms with Gasteiger partial charge in [0.1, 0.15) is 35.4 Å². The average Bonchev–Trinajstić information content (AvgIpc) is 3.96. The molecule has 2 aromatic carbocycles. The number of alkyl carbamates (subject to hydrolysis) is 2. The summed E-state index contributed by atoms with van der Waals surface area (Å²) in [5.74, 6) is 6.65. The minimum Gasteiger partial charge on any atom is -0.453 e. The number of aromatic amines is 2. The fourth-order valence-electron chi connectivity index (χ4n) is 7.11. The van der Waals surface area contributed by atoms with Crippen molar-refractivity contribution in [2.75, 3.05) is 40.4 Å². The van der Waals surface area contributed by atoms with Crippen LogP contribution in [-0.2, 0) is 30.3 Å². The van der Waals surface area contributed by atoms with Crippen molar-refractivity contribution in [3.8, 4) is 34.4 Å². The molecule has 1 aliphatic rings. The van der Waals surface area contributed by atoms with Gasteiger partial charge in [0.05, 0.1) is 44.9 Å². The van der Waals surface area contributed by atoms with E-state index in [0.717, 1.165) is 34.4 Å². The molecule has 17 nitrogen and oxygen atoms in total. The molecule has 3 heterocycles. The summed E-state index contributed by atoms with van der Waals surface area (Å²) in [4.78, 5) is 85.6. The van der Waals surface area contributed by atoms with E-state index >= 15 is 0 Å². The zero-order valence-electron chi connectivity index (χ0n) is 38.4. The van der Waals surface area contributed by atoms with Crippen molar-refractivity contribution < 1.29 is 38.2 Å². The lowest BCUT2D eigenvalue weighted by Crippen LogP contribution is -2.58. The summed E-state index contributed by atoms with van der Waals surface area (Å²) in [6.07, 6.45) is 2.38. The summed E-state index contributed by atoms with van der Waals surface area (Å²) < 4.78 is 15.2. The number of carbonyl (C=O) groups excluding carboxylic acids is 5. The Kier molecular flexibility index (Phi) is 16.2.